The monoisotopic (exact) mass is 292 g/mol. The number of sulfone groups is 1. The van der Waals surface area contributed by atoms with Gasteiger partial charge < -0.3 is 5.32 Å². The van der Waals surface area contributed by atoms with Crippen LogP contribution in [0.2, 0.25) is 0 Å². The minimum atomic E-state index is -2.96. The summed E-state index contributed by atoms with van der Waals surface area (Å²) in [6.07, 6.45) is 2.55. The van der Waals surface area contributed by atoms with Gasteiger partial charge in [0.05, 0.1) is 0 Å². The van der Waals surface area contributed by atoms with Gasteiger partial charge in [-0.25, -0.2) is 8.42 Å². The zero-order valence-corrected chi connectivity index (χ0v) is 12.9. The third-order valence-corrected chi connectivity index (χ3v) is 7.09. The van der Waals surface area contributed by atoms with Crippen molar-refractivity contribution >= 4 is 21.6 Å². The maximum absolute atomic E-state index is 12.1. The van der Waals surface area contributed by atoms with Crippen molar-refractivity contribution in [2.24, 2.45) is 0 Å². The highest BCUT2D eigenvalue weighted by Gasteiger charge is 2.35. The molecule has 0 radical (unpaired) electrons. The predicted octanol–water partition coefficient (Wildman–Crippen LogP) is 0.936. The molecule has 0 aromatic heterocycles. The Morgan fingerprint density at radius 2 is 2.17 bits per heavy atom. The molecule has 1 saturated heterocycles. The van der Waals surface area contributed by atoms with Crippen LogP contribution in [0.25, 0.3) is 0 Å². The first-order valence-corrected chi connectivity index (χ1v) is 9.70. The van der Waals surface area contributed by atoms with Gasteiger partial charge in [-0.15, -0.1) is 0 Å². The van der Waals surface area contributed by atoms with Crippen LogP contribution in [-0.4, -0.2) is 61.1 Å². The van der Waals surface area contributed by atoms with E-state index in [-0.39, 0.29) is 11.1 Å². The number of thioether (sulfide) groups is 1. The number of rotatable bonds is 6. The molecule has 0 bridgehead atoms. The highest BCUT2D eigenvalue weighted by atomic mass is 32.2. The Morgan fingerprint density at radius 1 is 1.44 bits per heavy atom. The number of nitrogens with zero attached hydrogens (tertiary/aromatic N) is 1. The Labute approximate surface area is 115 Å². The highest BCUT2D eigenvalue weighted by Crippen LogP contribution is 2.24. The molecule has 0 spiro atoms. The second-order valence-electron chi connectivity index (χ2n) is 5.25. The summed E-state index contributed by atoms with van der Waals surface area (Å²) in [5, 5.41) is 3.22. The van der Waals surface area contributed by atoms with E-state index in [0.717, 1.165) is 24.6 Å². The molecule has 1 N–H and O–H groups in total. The minimum absolute atomic E-state index is 0.248. The fourth-order valence-corrected chi connectivity index (χ4v) is 5.47. The van der Waals surface area contributed by atoms with Gasteiger partial charge in [-0.2, -0.15) is 11.8 Å². The molecule has 2 rings (SSSR count). The summed E-state index contributed by atoms with van der Waals surface area (Å²) in [4.78, 5) is 2.19. The topological polar surface area (TPSA) is 49.4 Å². The Morgan fingerprint density at radius 3 is 2.78 bits per heavy atom. The predicted molar refractivity (Wildman–Crippen MR) is 77.8 cm³/mol. The van der Waals surface area contributed by atoms with Crippen molar-refractivity contribution in [3.63, 3.8) is 0 Å². The van der Waals surface area contributed by atoms with E-state index in [0.29, 0.717) is 12.1 Å². The molecule has 2 aliphatic rings. The minimum Gasteiger partial charge on any atom is -0.312 e. The lowest BCUT2D eigenvalue weighted by atomic mass is 10.2. The van der Waals surface area contributed by atoms with Gasteiger partial charge in [0.2, 0.25) is 0 Å². The lowest BCUT2D eigenvalue weighted by molar-refractivity contribution is 0.200. The van der Waals surface area contributed by atoms with Crippen LogP contribution in [0, 0.1) is 0 Å². The number of hydrogen-bond donors (Lipinski definition) is 1. The van der Waals surface area contributed by atoms with Crippen molar-refractivity contribution in [3.8, 4) is 0 Å². The lowest BCUT2D eigenvalue weighted by Crippen LogP contribution is -2.54. The summed E-state index contributed by atoms with van der Waals surface area (Å²) >= 11 is 1.76. The zero-order valence-electron chi connectivity index (χ0n) is 11.3. The van der Waals surface area contributed by atoms with E-state index in [1.54, 1.807) is 18.7 Å². The fraction of sp³-hybridized carbons (Fsp3) is 1.00. The SMILES string of the molecule is CCS(=O)(=O)C1CSCCN1C(C)CNC1CC1. The van der Waals surface area contributed by atoms with Crippen LogP contribution in [-0.2, 0) is 9.84 Å². The molecule has 2 unspecified atom stereocenters. The Balaban J connectivity index is 1.97. The van der Waals surface area contributed by atoms with Gasteiger partial charge in [-0.05, 0) is 19.8 Å². The summed E-state index contributed by atoms with van der Waals surface area (Å²) < 4.78 is 24.3. The summed E-state index contributed by atoms with van der Waals surface area (Å²) in [6, 6.07) is 0.991. The van der Waals surface area contributed by atoms with E-state index < -0.39 is 9.84 Å². The smallest absolute Gasteiger partial charge is 0.166 e. The molecule has 0 aromatic rings. The summed E-state index contributed by atoms with van der Waals surface area (Å²) in [5.41, 5.74) is 0. The van der Waals surface area contributed by atoms with Crippen molar-refractivity contribution in [2.75, 3.05) is 30.3 Å². The molecule has 0 amide bonds. The van der Waals surface area contributed by atoms with Crippen LogP contribution in [0.5, 0.6) is 0 Å². The Hall–Kier alpha value is 0.220. The van der Waals surface area contributed by atoms with E-state index >= 15 is 0 Å². The van der Waals surface area contributed by atoms with Crippen LogP contribution in [0.1, 0.15) is 26.7 Å². The highest BCUT2D eigenvalue weighted by molar-refractivity contribution is 8.01. The van der Waals surface area contributed by atoms with Crippen molar-refractivity contribution in [3.05, 3.63) is 0 Å². The van der Waals surface area contributed by atoms with Crippen molar-refractivity contribution < 1.29 is 8.42 Å². The third kappa shape index (κ3) is 3.62. The van der Waals surface area contributed by atoms with Crippen molar-refractivity contribution in [2.45, 2.75) is 44.1 Å². The molecule has 2 atom stereocenters. The molecule has 1 saturated carbocycles. The number of nitrogens with one attached hydrogen (secondary N) is 1. The van der Waals surface area contributed by atoms with E-state index in [4.69, 9.17) is 0 Å². The maximum atomic E-state index is 12.1. The lowest BCUT2D eigenvalue weighted by Gasteiger charge is -2.39. The van der Waals surface area contributed by atoms with Crippen LogP contribution >= 0.6 is 11.8 Å². The van der Waals surface area contributed by atoms with E-state index in [1.165, 1.54) is 12.8 Å². The van der Waals surface area contributed by atoms with Gasteiger partial charge in [0, 0.05) is 42.4 Å². The molecule has 1 heterocycles. The van der Waals surface area contributed by atoms with Gasteiger partial charge in [0.15, 0.2) is 9.84 Å². The Bertz CT molecular complexity index is 368. The van der Waals surface area contributed by atoms with Gasteiger partial charge in [-0.3, -0.25) is 4.90 Å². The van der Waals surface area contributed by atoms with E-state index in [1.807, 2.05) is 0 Å². The molecule has 2 fully saturated rings. The molecular formula is C12H24N2O2S2. The van der Waals surface area contributed by atoms with Gasteiger partial charge >= 0.3 is 0 Å². The molecule has 18 heavy (non-hydrogen) atoms. The third-order valence-electron chi connectivity index (χ3n) is 3.79. The first-order chi connectivity index (χ1) is 8.54. The Kier molecular flexibility index (Phi) is 4.97. The summed E-state index contributed by atoms with van der Waals surface area (Å²) in [6.45, 7) is 5.69. The second kappa shape index (κ2) is 6.11. The van der Waals surface area contributed by atoms with E-state index in [9.17, 15) is 8.42 Å². The van der Waals surface area contributed by atoms with E-state index in [2.05, 4.69) is 17.1 Å². The van der Waals surface area contributed by atoms with Gasteiger partial charge in [-0.1, -0.05) is 6.92 Å². The van der Waals surface area contributed by atoms with Crippen LogP contribution in [0.15, 0.2) is 0 Å². The van der Waals surface area contributed by atoms with Gasteiger partial charge in [0.1, 0.15) is 5.37 Å². The molecule has 6 heteroatoms. The summed E-state index contributed by atoms with van der Waals surface area (Å²) in [5.74, 6) is 2.02. The number of hydrogen-bond acceptors (Lipinski definition) is 5. The normalized spacial score (nSPS) is 28.2. The molecule has 1 aliphatic carbocycles. The molecule has 1 aliphatic heterocycles. The van der Waals surface area contributed by atoms with Gasteiger partial charge in [0.25, 0.3) is 0 Å². The average molecular weight is 292 g/mol. The molecular weight excluding hydrogens is 268 g/mol. The van der Waals surface area contributed by atoms with Crippen molar-refractivity contribution in [1.82, 2.24) is 10.2 Å². The van der Waals surface area contributed by atoms with Crippen LogP contribution < -0.4 is 5.32 Å². The zero-order chi connectivity index (χ0) is 13.2. The van der Waals surface area contributed by atoms with Crippen LogP contribution in [0.4, 0.5) is 0 Å². The summed E-state index contributed by atoms with van der Waals surface area (Å²) in [7, 11) is -2.96. The molecule has 106 valence electrons. The standard InChI is InChI=1S/C12H24N2O2S2/c1-3-18(15,16)12-9-17-7-6-14(12)10(2)8-13-11-4-5-11/h10-13H,3-9H2,1-2H3. The first-order valence-electron chi connectivity index (χ1n) is 6.83. The maximum Gasteiger partial charge on any atom is 0.166 e. The molecule has 0 aromatic carbocycles. The average Bonchev–Trinajstić information content (AvgIpc) is 3.20. The first kappa shape index (κ1) is 14.6. The largest absolute Gasteiger partial charge is 0.312 e. The van der Waals surface area contributed by atoms with Crippen LogP contribution in [0.3, 0.4) is 0 Å². The fourth-order valence-electron chi connectivity index (χ4n) is 2.34. The quantitative estimate of drug-likeness (QED) is 0.789. The van der Waals surface area contributed by atoms with Crippen molar-refractivity contribution in [1.29, 1.82) is 0 Å². The molecule has 4 nitrogen and oxygen atoms in total. The second-order valence-corrected chi connectivity index (χ2v) is 8.85.